The molecule has 0 unspecified atom stereocenters. The lowest BCUT2D eigenvalue weighted by atomic mass is 10.2. The first-order valence-corrected chi connectivity index (χ1v) is 10.5. The van der Waals surface area contributed by atoms with Gasteiger partial charge < -0.3 is 15.5 Å². The first kappa shape index (κ1) is 20.2. The SMILES string of the molecule is CCNC(=NCC(=O)NCc1ccccc1)N1CCS(=O)(=O)C(C)(C)C1. The van der Waals surface area contributed by atoms with Crippen LogP contribution in [-0.4, -0.2) is 61.9 Å². The summed E-state index contributed by atoms with van der Waals surface area (Å²) in [7, 11) is -3.12. The Kier molecular flexibility index (Phi) is 6.63. The number of carbonyl (C=O) groups excluding carboxylic acids is 1. The second-order valence-corrected chi connectivity index (χ2v) is 9.68. The molecule has 0 bridgehead atoms. The van der Waals surface area contributed by atoms with Crippen LogP contribution in [0.5, 0.6) is 0 Å². The average molecular weight is 381 g/mol. The van der Waals surface area contributed by atoms with Gasteiger partial charge in [0.2, 0.25) is 5.91 Å². The van der Waals surface area contributed by atoms with E-state index in [4.69, 9.17) is 0 Å². The molecular weight excluding hydrogens is 352 g/mol. The Hall–Kier alpha value is -2.09. The van der Waals surface area contributed by atoms with Crippen LogP contribution in [0.4, 0.5) is 0 Å². The highest BCUT2D eigenvalue weighted by molar-refractivity contribution is 7.92. The van der Waals surface area contributed by atoms with Gasteiger partial charge in [-0.3, -0.25) is 4.79 Å². The molecule has 0 radical (unpaired) electrons. The topological polar surface area (TPSA) is 90.9 Å². The minimum atomic E-state index is -3.12. The summed E-state index contributed by atoms with van der Waals surface area (Å²) >= 11 is 0. The Bertz CT molecular complexity index is 745. The lowest BCUT2D eigenvalue weighted by Gasteiger charge is -2.39. The normalized spacial score (nSPS) is 19.0. The largest absolute Gasteiger partial charge is 0.357 e. The molecule has 1 aromatic rings. The van der Waals surface area contributed by atoms with E-state index < -0.39 is 14.6 Å². The predicted molar refractivity (Wildman–Crippen MR) is 104 cm³/mol. The van der Waals surface area contributed by atoms with Crippen LogP contribution in [0.1, 0.15) is 26.3 Å². The molecule has 7 nitrogen and oxygen atoms in total. The summed E-state index contributed by atoms with van der Waals surface area (Å²) in [6, 6.07) is 9.68. The number of carbonyl (C=O) groups is 1. The number of nitrogens with one attached hydrogen (secondary N) is 2. The third kappa shape index (κ3) is 5.20. The van der Waals surface area contributed by atoms with E-state index in [1.54, 1.807) is 13.8 Å². The van der Waals surface area contributed by atoms with E-state index >= 15 is 0 Å². The van der Waals surface area contributed by atoms with Crippen LogP contribution in [0.25, 0.3) is 0 Å². The van der Waals surface area contributed by atoms with Crippen molar-refractivity contribution in [2.24, 2.45) is 4.99 Å². The van der Waals surface area contributed by atoms with E-state index in [1.165, 1.54) is 0 Å². The van der Waals surface area contributed by atoms with E-state index in [1.807, 2.05) is 42.2 Å². The first-order chi connectivity index (χ1) is 12.2. The quantitative estimate of drug-likeness (QED) is 0.582. The molecule has 144 valence electrons. The summed E-state index contributed by atoms with van der Waals surface area (Å²) < 4.78 is 23.5. The van der Waals surface area contributed by atoms with Crippen molar-refractivity contribution in [2.75, 3.05) is 31.9 Å². The third-order valence-electron chi connectivity index (χ3n) is 4.38. The van der Waals surface area contributed by atoms with Gasteiger partial charge in [-0.05, 0) is 26.3 Å². The smallest absolute Gasteiger partial charge is 0.242 e. The van der Waals surface area contributed by atoms with E-state index in [0.29, 0.717) is 32.1 Å². The molecule has 1 aromatic carbocycles. The minimum absolute atomic E-state index is 0.00115. The Labute approximate surface area is 155 Å². The maximum Gasteiger partial charge on any atom is 0.242 e. The third-order valence-corrected chi connectivity index (χ3v) is 6.92. The second kappa shape index (κ2) is 8.53. The number of amides is 1. The zero-order valence-corrected chi connectivity index (χ0v) is 16.5. The standard InChI is InChI=1S/C18H28N4O3S/c1-4-19-17(22-10-11-26(24,25)18(2,3)14-22)21-13-16(23)20-12-15-8-6-5-7-9-15/h5-9H,4,10-14H2,1-3H3,(H,19,21)(H,20,23). The molecule has 0 aliphatic carbocycles. The maximum absolute atomic E-state index is 12.2. The van der Waals surface area contributed by atoms with Crippen LogP contribution in [0.2, 0.25) is 0 Å². The molecule has 1 fully saturated rings. The zero-order valence-electron chi connectivity index (χ0n) is 15.7. The minimum Gasteiger partial charge on any atom is -0.357 e. The summed E-state index contributed by atoms with van der Waals surface area (Å²) in [4.78, 5) is 18.4. The van der Waals surface area contributed by atoms with Gasteiger partial charge in [-0.25, -0.2) is 13.4 Å². The Morgan fingerprint density at radius 1 is 1.23 bits per heavy atom. The van der Waals surface area contributed by atoms with Gasteiger partial charge in [0.05, 0.1) is 10.5 Å². The number of aliphatic imine (C=N–C) groups is 1. The Balaban J connectivity index is 1.97. The van der Waals surface area contributed by atoms with Crippen LogP contribution in [-0.2, 0) is 21.2 Å². The number of nitrogens with zero attached hydrogens (tertiary/aromatic N) is 2. The molecule has 8 heteroatoms. The molecule has 0 atom stereocenters. The van der Waals surface area contributed by atoms with Crippen molar-refractivity contribution in [3.05, 3.63) is 35.9 Å². The maximum atomic E-state index is 12.2. The summed E-state index contributed by atoms with van der Waals surface area (Å²) in [5, 5.41) is 5.99. The fourth-order valence-corrected chi connectivity index (χ4v) is 4.12. The van der Waals surface area contributed by atoms with Gasteiger partial charge in [0.15, 0.2) is 15.8 Å². The summed E-state index contributed by atoms with van der Waals surface area (Å²) in [5.41, 5.74) is 1.03. The fourth-order valence-electron chi connectivity index (χ4n) is 2.75. The van der Waals surface area contributed by atoms with Gasteiger partial charge in [0.25, 0.3) is 0 Å². The molecule has 2 N–H and O–H groups in total. The van der Waals surface area contributed by atoms with E-state index in [9.17, 15) is 13.2 Å². The van der Waals surface area contributed by atoms with E-state index in [2.05, 4.69) is 15.6 Å². The van der Waals surface area contributed by atoms with Crippen LogP contribution < -0.4 is 10.6 Å². The van der Waals surface area contributed by atoms with Gasteiger partial charge in [-0.2, -0.15) is 0 Å². The predicted octanol–water partition coefficient (Wildman–Crippen LogP) is 0.777. The average Bonchev–Trinajstić information content (AvgIpc) is 2.60. The second-order valence-electron chi connectivity index (χ2n) is 6.93. The van der Waals surface area contributed by atoms with Crippen LogP contribution in [0, 0.1) is 0 Å². The van der Waals surface area contributed by atoms with Crippen molar-refractivity contribution in [1.82, 2.24) is 15.5 Å². The highest BCUT2D eigenvalue weighted by Gasteiger charge is 2.40. The first-order valence-electron chi connectivity index (χ1n) is 8.81. The van der Waals surface area contributed by atoms with E-state index in [-0.39, 0.29) is 18.2 Å². The zero-order chi connectivity index (χ0) is 19.2. The summed E-state index contributed by atoms with van der Waals surface area (Å²) in [6.07, 6.45) is 0. The number of sulfone groups is 1. The molecule has 1 aliphatic heterocycles. The number of hydrogen-bond donors (Lipinski definition) is 2. The molecule has 1 aliphatic rings. The molecule has 0 spiro atoms. The van der Waals surface area contributed by atoms with Crippen molar-refractivity contribution in [2.45, 2.75) is 32.1 Å². The molecule has 1 heterocycles. The summed E-state index contributed by atoms with van der Waals surface area (Å²) in [6.45, 7) is 7.23. The van der Waals surface area contributed by atoms with Crippen molar-refractivity contribution < 1.29 is 13.2 Å². The molecule has 1 saturated heterocycles. The number of benzene rings is 1. The fraction of sp³-hybridized carbons (Fsp3) is 0.556. The van der Waals surface area contributed by atoms with Crippen LogP contribution >= 0.6 is 0 Å². The van der Waals surface area contributed by atoms with Gasteiger partial charge >= 0.3 is 0 Å². The molecule has 2 rings (SSSR count). The monoisotopic (exact) mass is 380 g/mol. The molecule has 0 saturated carbocycles. The Morgan fingerprint density at radius 3 is 2.54 bits per heavy atom. The van der Waals surface area contributed by atoms with Gasteiger partial charge in [-0.15, -0.1) is 0 Å². The van der Waals surface area contributed by atoms with Crippen LogP contribution in [0.3, 0.4) is 0 Å². The highest BCUT2D eigenvalue weighted by atomic mass is 32.2. The number of guanidine groups is 1. The molecule has 1 amide bonds. The highest BCUT2D eigenvalue weighted by Crippen LogP contribution is 2.23. The van der Waals surface area contributed by atoms with Crippen molar-refractivity contribution >= 4 is 21.7 Å². The van der Waals surface area contributed by atoms with Crippen LogP contribution in [0.15, 0.2) is 35.3 Å². The molecule has 26 heavy (non-hydrogen) atoms. The molecular formula is C18H28N4O3S. The lowest BCUT2D eigenvalue weighted by Crippen LogP contribution is -2.57. The molecule has 0 aromatic heterocycles. The lowest BCUT2D eigenvalue weighted by molar-refractivity contribution is -0.119. The van der Waals surface area contributed by atoms with Gasteiger partial charge in [0.1, 0.15) is 6.54 Å². The Morgan fingerprint density at radius 2 is 1.92 bits per heavy atom. The van der Waals surface area contributed by atoms with Crippen molar-refractivity contribution in [3.63, 3.8) is 0 Å². The van der Waals surface area contributed by atoms with Gasteiger partial charge in [0, 0.05) is 26.2 Å². The van der Waals surface area contributed by atoms with E-state index in [0.717, 1.165) is 5.56 Å². The summed E-state index contributed by atoms with van der Waals surface area (Å²) in [5.74, 6) is 0.489. The van der Waals surface area contributed by atoms with Gasteiger partial charge in [-0.1, -0.05) is 30.3 Å². The van der Waals surface area contributed by atoms with Crippen molar-refractivity contribution in [1.29, 1.82) is 0 Å². The van der Waals surface area contributed by atoms with Crippen molar-refractivity contribution in [3.8, 4) is 0 Å². The number of rotatable bonds is 5. The number of hydrogen-bond acceptors (Lipinski definition) is 4.